The summed E-state index contributed by atoms with van der Waals surface area (Å²) >= 11 is 0. The van der Waals surface area contributed by atoms with Crippen molar-refractivity contribution in [1.29, 1.82) is 0 Å². The minimum Gasteiger partial charge on any atom is -0.426 e. The molecule has 0 atom stereocenters. The van der Waals surface area contributed by atoms with Crippen LogP contribution in [0, 0.1) is 0 Å². The number of aromatic amines is 1. The van der Waals surface area contributed by atoms with Crippen LogP contribution in [0.1, 0.15) is 41.7 Å². The Balaban J connectivity index is 1.17. The zero-order chi connectivity index (χ0) is 28.5. The first-order chi connectivity index (χ1) is 19.9. The number of fused-ring (bicyclic) bond motifs is 4. The van der Waals surface area contributed by atoms with Crippen LogP contribution >= 0.6 is 0 Å². The molecule has 6 rings (SSSR count). The lowest BCUT2D eigenvalue weighted by atomic mass is 10.0. The third kappa shape index (κ3) is 5.06. The number of ether oxygens (including phenoxy) is 1. The van der Waals surface area contributed by atoms with E-state index in [1.54, 1.807) is 11.0 Å². The summed E-state index contributed by atoms with van der Waals surface area (Å²) in [4.78, 5) is 56.0. The van der Waals surface area contributed by atoms with Crippen LogP contribution in [0.15, 0.2) is 66.7 Å². The number of H-pyrrole nitrogens is 1. The second-order valence-corrected chi connectivity index (χ2v) is 10.3. The van der Waals surface area contributed by atoms with Crippen LogP contribution in [0.3, 0.4) is 0 Å². The Kier molecular flexibility index (Phi) is 7.01. The maximum absolute atomic E-state index is 13.7. The van der Waals surface area contributed by atoms with Crippen molar-refractivity contribution in [2.24, 2.45) is 0 Å². The summed E-state index contributed by atoms with van der Waals surface area (Å²) in [6.07, 6.45) is 5.33. The lowest BCUT2D eigenvalue weighted by Crippen LogP contribution is -2.30. The van der Waals surface area contributed by atoms with E-state index >= 15 is 0 Å². The van der Waals surface area contributed by atoms with E-state index in [1.165, 1.54) is 17.1 Å². The fourth-order valence-electron chi connectivity index (χ4n) is 5.62. The molecule has 0 bridgehead atoms. The van der Waals surface area contributed by atoms with Gasteiger partial charge in [-0.15, -0.1) is 0 Å². The van der Waals surface area contributed by atoms with E-state index in [-0.39, 0.29) is 30.1 Å². The summed E-state index contributed by atoms with van der Waals surface area (Å²) in [6, 6.07) is 17.3. The predicted molar refractivity (Wildman–Crippen MR) is 157 cm³/mol. The number of carbonyl (C=O) groups excluding carboxylic acids is 4. The molecule has 3 aromatic carbocycles. The second kappa shape index (κ2) is 10.9. The Morgan fingerprint density at radius 1 is 0.951 bits per heavy atom. The highest BCUT2D eigenvalue weighted by Gasteiger charge is 2.30. The van der Waals surface area contributed by atoms with Gasteiger partial charge in [-0.2, -0.15) is 0 Å². The maximum Gasteiger partial charge on any atom is 0.311 e. The van der Waals surface area contributed by atoms with Crippen molar-refractivity contribution >= 4 is 56.7 Å². The number of benzene rings is 3. The van der Waals surface area contributed by atoms with Gasteiger partial charge < -0.3 is 19.9 Å². The number of rotatable bonds is 9. The average molecular weight is 551 g/mol. The lowest BCUT2D eigenvalue weighted by molar-refractivity contribution is -0.137. The van der Waals surface area contributed by atoms with Gasteiger partial charge >= 0.3 is 5.97 Å². The van der Waals surface area contributed by atoms with E-state index < -0.39 is 0 Å². The zero-order valence-corrected chi connectivity index (χ0v) is 22.7. The lowest BCUT2D eigenvalue weighted by Gasteiger charge is -2.19. The monoisotopic (exact) mass is 550 g/mol. The second-order valence-electron chi connectivity index (χ2n) is 10.3. The summed E-state index contributed by atoms with van der Waals surface area (Å²) in [5, 5.41) is 5.86. The van der Waals surface area contributed by atoms with E-state index in [0.717, 1.165) is 38.6 Å². The largest absolute Gasteiger partial charge is 0.426 e. The number of amides is 3. The summed E-state index contributed by atoms with van der Waals surface area (Å²) in [6.45, 7) is 0.871. The molecule has 0 unspecified atom stereocenters. The quantitative estimate of drug-likeness (QED) is 0.132. The van der Waals surface area contributed by atoms with Crippen LogP contribution in [-0.4, -0.2) is 53.7 Å². The van der Waals surface area contributed by atoms with Gasteiger partial charge in [0, 0.05) is 66.8 Å². The van der Waals surface area contributed by atoms with E-state index in [9.17, 15) is 19.2 Å². The van der Waals surface area contributed by atoms with Crippen molar-refractivity contribution in [3.8, 4) is 5.75 Å². The predicted octanol–water partition coefficient (Wildman–Crippen LogP) is 4.96. The van der Waals surface area contributed by atoms with Gasteiger partial charge in [-0.3, -0.25) is 24.1 Å². The van der Waals surface area contributed by atoms with Crippen LogP contribution in [-0.2, 0) is 20.8 Å². The molecule has 2 aliphatic heterocycles. The molecule has 0 saturated heterocycles. The summed E-state index contributed by atoms with van der Waals surface area (Å²) in [5.41, 5.74) is 4.16. The van der Waals surface area contributed by atoms with Gasteiger partial charge in [-0.1, -0.05) is 30.7 Å². The Morgan fingerprint density at radius 2 is 1.73 bits per heavy atom. The summed E-state index contributed by atoms with van der Waals surface area (Å²) in [5.74, 6) is -0.657. The smallest absolute Gasteiger partial charge is 0.311 e. The summed E-state index contributed by atoms with van der Waals surface area (Å²) in [7, 11) is 1.86. The molecule has 0 aliphatic carbocycles. The number of anilines is 2. The standard InChI is InChI=1S/C32H30N4O5/c1-33-21-10-11-25-20(17-21)18-26(34-25)32(40)35-16-14-23-22-7-4-5-8-24(22)28(19-27(23)35)41-31(39)9-3-2-6-15-36-29(37)12-13-30(36)38/h4-5,7-8,10-13,17-19,33-34H,2-3,6,9,14-16H2,1H3. The highest BCUT2D eigenvalue weighted by atomic mass is 16.5. The van der Waals surface area contributed by atoms with Gasteiger partial charge in [0.15, 0.2) is 0 Å². The van der Waals surface area contributed by atoms with Gasteiger partial charge in [-0.05, 0) is 54.5 Å². The van der Waals surface area contributed by atoms with Crippen molar-refractivity contribution in [1.82, 2.24) is 9.88 Å². The van der Waals surface area contributed by atoms with Crippen LogP contribution in [0.2, 0.25) is 0 Å². The number of nitrogens with zero attached hydrogens (tertiary/aromatic N) is 2. The number of carbonyl (C=O) groups is 4. The van der Waals surface area contributed by atoms with Gasteiger partial charge in [0.2, 0.25) is 0 Å². The third-order valence-electron chi connectivity index (χ3n) is 7.74. The fourth-order valence-corrected chi connectivity index (χ4v) is 5.62. The maximum atomic E-state index is 13.7. The first kappa shape index (κ1) is 26.3. The first-order valence-corrected chi connectivity index (χ1v) is 13.8. The molecule has 0 radical (unpaired) electrons. The number of unbranched alkanes of at least 4 members (excludes halogenated alkanes) is 2. The molecule has 0 fully saturated rings. The molecule has 2 aliphatic rings. The Morgan fingerprint density at radius 3 is 2.51 bits per heavy atom. The number of nitrogens with one attached hydrogen (secondary N) is 2. The molecule has 0 spiro atoms. The topological polar surface area (TPSA) is 112 Å². The van der Waals surface area contributed by atoms with E-state index in [0.29, 0.717) is 50.2 Å². The number of hydrogen-bond donors (Lipinski definition) is 2. The van der Waals surface area contributed by atoms with Crippen molar-refractivity contribution in [3.05, 3.63) is 78.0 Å². The highest BCUT2D eigenvalue weighted by Crippen LogP contribution is 2.41. The van der Waals surface area contributed by atoms with Crippen molar-refractivity contribution in [2.45, 2.75) is 32.1 Å². The van der Waals surface area contributed by atoms with Gasteiger partial charge in [0.05, 0.1) is 5.69 Å². The number of esters is 1. The molecule has 3 heterocycles. The molecule has 3 amide bonds. The van der Waals surface area contributed by atoms with Gasteiger partial charge in [0.25, 0.3) is 17.7 Å². The zero-order valence-electron chi connectivity index (χ0n) is 22.7. The van der Waals surface area contributed by atoms with Gasteiger partial charge in [-0.25, -0.2) is 0 Å². The number of imide groups is 1. The van der Waals surface area contributed by atoms with E-state index in [2.05, 4.69) is 10.3 Å². The van der Waals surface area contributed by atoms with Crippen molar-refractivity contribution in [3.63, 3.8) is 0 Å². The van der Waals surface area contributed by atoms with Gasteiger partial charge in [0.1, 0.15) is 11.4 Å². The normalized spacial score (nSPS) is 14.4. The summed E-state index contributed by atoms with van der Waals surface area (Å²) < 4.78 is 5.85. The van der Waals surface area contributed by atoms with E-state index in [1.807, 2.05) is 55.6 Å². The molecule has 2 N–H and O–H groups in total. The minimum absolute atomic E-state index is 0.135. The first-order valence-electron chi connectivity index (χ1n) is 13.8. The fraction of sp³-hybridized carbons (Fsp3) is 0.250. The Labute approximate surface area is 236 Å². The van der Waals surface area contributed by atoms with Crippen LogP contribution < -0.4 is 15.0 Å². The molecule has 4 aromatic rings. The molecule has 0 saturated carbocycles. The van der Waals surface area contributed by atoms with Crippen molar-refractivity contribution < 1.29 is 23.9 Å². The SMILES string of the molecule is CNc1ccc2[nH]c(C(=O)N3CCc4c3cc(OC(=O)CCCCCN3C(=O)C=CC3=O)c3ccccc43)cc2c1. The van der Waals surface area contributed by atoms with Crippen LogP contribution in [0.4, 0.5) is 11.4 Å². The molecule has 41 heavy (non-hydrogen) atoms. The molecular weight excluding hydrogens is 520 g/mol. The molecule has 9 heteroatoms. The van der Waals surface area contributed by atoms with Crippen LogP contribution in [0.25, 0.3) is 21.7 Å². The Bertz CT molecular complexity index is 1720. The minimum atomic E-state index is -0.364. The average Bonchev–Trinajstić information content (AvgIpc) is 3.69. The number of hydrogen-bond acceptors (Lipinski definition) is 6. The Hall–Kier alpha value is -4.92. The van der Waals surface area contributed by atoms with E-state index in [4.69, 9.17) is 4.74 Å². The molecule has 208 valence electrons. The molecule has 9 nitrogen and oxygen atoms in total. The highest BCUT2D eigenvalue weighted by molar-refractivity contribution is 6.13. The molecular formula is C32H30N4O5. The molecule has 1 aromatic heterocycles. The number of aromatic nitrogens is 1. The van der Waals surface area contributed by atoms with Crippen LogP contribution in [0.5, 0.6) is 5.75 Å². The third-order valence-corrected chi connectivity index (χ3v) is 7.74. The van der Waals surface area contributed by atoms with Crippen molar-refractivity contribution in [2.75, 3.05) is 30.4 Å².